The lowest BCUT2D eigenvalue weighted by atomic mass is 10.1. The van der Waals surface area contributed by atoms with Crippen LogP contribution in [0.1, 0.15) is 19.3 Å². The van der Waals surface area contributed by atoms with Gasteiger partial charge in [-0.3, -0.25) is 4.79 Å². The van der Waals surface area contributed by atoms with Gasteiger partial charge in [0.15, 0.2) is 11.5 Å². The summed E-state index contributed by atoms with van der Waals surface area (Å²) in [6.07, 6.45) is 3.41. The monoisotopic (exact) mass is 403 g/mol. The number of carbonyl (C=O) groups is 1. The molecule has 150 valence electrons. The summed E-state index contributed by atoms with van der Waals surface area (Å²) >= 11 is 1.41. The maximum absolute atomic E-state index is 12.3. The van der Waals surface area contributed by atoms with E-state index in [1.807, 2.05) is 29.2 Å². The molecule has 0 radical (unpaired) electrons. The Hall–Kier alpha value is -2.48. The molecule has 0 bridgehead atoms. The van der Waals surface area contributed by atoms with Crippen LogP contribution in [0, 0.1) is 0 Å². The predicted octanol–water partition coefficient (Wildman–Crippen LogP) is 3.27. The average Bonchev–Trinajstić information content (AvgIpc) is 2.77. The number of aromatic nitrogens is 2. The molecule has 28 heavy (non-hydrogen) atoms. The van der Waals surface area contributed by atoms with E-state index >= 15 is 0 Å². The van der Waals surface area contributed by atoms with Crippen molar-refractivity contribution < 1.29 is 19.0 Å². The third-order valence-electron chi connectivity index (χ3n) is 4.65. The van der Waals surface area contributed by atoms with Crippen LogP contribution in [0.5, 0.6) is 17.2 Å². The van der Waals surface area contributed by atoms with Gasteiger partial charge in [0, 0.05) is 18.7 Å². The molecule has 1 aromatic carbocycles. The fraction of sp³-hybridized carbons (Fsp3) is 0.450. The minimum atomic E-state index is 0.167. The normalized spacial score (nSPS) is 13.9. The van der Waals surface area contributed by atoms with Gasteiger partial charge in [-0.25, -0.2) is 0 Å². The van der Waals surface area contributed by atoms with Gasteiger partial charge in [-0.2, -0.15) is 0 Å². The second-order valence-electron chi connectivity index (χ2n) is 6.40. The Kier molecular flexibility index (Phi) is 6.97. The Morgan fingerprint density at radius 1 is 1.00 bits per heavy atom. The number of carbonyl (C=O) groups excluding carboxylic acids is 1. The van der Waals surface area contributed by atoms with E-state index in [9.17, 15) is 4.79 Å². The van der Waals surface area contributed by atoms with Gasteiger partial charge in [-0.1, -0.05) is 11.8 Å². The fourth-order valence-electron chi connectivity index (χ4n) is 3.15. The molecule has 0 unspecified atom stereocenters. The molecule has 0 N–H and O–H groups in total. The van der Waals surface area contributed by atoms with Crippen molar-refractivity contribution in [3.8, 4) is 28.5 Å². The zero-order chi connectivity index (χ0) is 19.9. The van der Waals surface area contributed by atoms with Crippen LogP contribution < -0.4 is 14.2 Å². The van der Waals surface area contributed by atoms with Gasteiger partial charge in [-0.15, -0.1) is 10.2 Å². The number of benzene rings is 1. The first-order chi connectivity index (χ1) is 13.7. The van der Waals surface area contributed by atoms with E-state index in [4.69, 9.17) is 14.2 Å². The Bertz CT molecular complexity index is 783. The van der Waals surface area contributed by atoms with Crippen molar-refractivity contribution in [1.82, 2.24) is 15.1 Å². The summed E-state index contributed by atoms with van der Waals surface area (Å²) in [6.45, 7) is 1.73. The second-order valence-corrected chi connectivity index (χ2v) is 7.40. The van der Waals surface area contributed by atoms with Crippen molar-refractivity contribution in [2.75, 3.05) is 40.2 Å². The van der Waals surface area contributed by atoms with Crippen LogP contribution >= 0.6 is 11.8 Å². The van der Waals surface area contributed by atoms with Gasteiger partial charge in [0.2, 0.25) is 11.7 Å². The number of hydrogen-bond acceptors (Lipinski definition) is 7. The predicted molar refractivity (Wildman–Crippen MR) is 108 cm³/mol. The molecule has 0 aliphatic carbocycles. The van der Waals surface area contributed by atoms with Gasteiger partial charge in [0.25, 0.3) is 0 Å². The topological polar surface area (TPSA) is 73.8 Å². The molecule has 0 atom stereocenters. The van der Waals surface area contributed by atoms with Crippen LogP contribution in [-0.2, 0) is 4.79 Å². The first kappa shape index (κ1) is 20.3. The quantitative estimate of drug-likeness (QED) is 0.657. The molecule has 2 heterocycles. The number of likely N-dealkylation sites (tertiary alicyclic amines) is 1. The van der Waals surface area contributed by atoms with E-state index in [1.54, 1.807) is 21.3 Å². The lowest BCUT2D eigenvalue weighted by molar-refractivity contribution is -0.129. The van der Waals surface area contributed by atoms with Crippen LogP contribution in [0.25, 0.3) is 11.3 Å². The Morgan fingerprint density at radius 3 is 2.21 bits per heavy atom. The van der Waals surface area contributed by atoms with Crippen LogP contribution in [-0.4, -0.2) is 61.2 Å². The summed E-state index contributed by atoms with van der Waals surface area (Å²) in [7, 11) is 4.72. The maximum atomic E-state index is 12.3. The minimum Gasteiger partial charge on any atom is -0.493 e. The number of hydrogen-bond donors (Lipinski definition) is 0. The standard InChI is InChI=1S/C20H25N3O4S/c1-25-16-11-14(12-17(26-2)20(16)27-3)15-7-8-18(22-21-15)28-13-19(24)23-9-5-4-6-10-23/h7-8,11-12H,4-6,9-10,13H2,1-3H3. The number of thioether (sulfide) groups is 1. The molecule has 2 aromatic rings. The second kappa shape index (κ2) is 9.64. The summed E-state index contributed by atoms with van der Waals surface area (Å²) in [6, 6.07) is 7.41. The van der Waals surface area contributed by atoms with Crippen molar-refractivity contribution in [2.24, 2.45) is 0 Å². The summed E-state index contributed by atoms with van der Waals surface area (Å²) < 4.78 is 16.1. The van der Waals surface area contributed by atoms with Crippen LogP contribution in [0.2, 0.25) is 0 Å². The highest BCUT2D eigenvalue weighted by Crippen LogP contribution is 2.40. The fourth-order valence-corrected chi connectivity index (χ4v) is 3.87. The number of amides is 1. The molecular formula is C20H25N3O4S. The highest BCUT2D eigenvalue weighted by atomic mass is 32.2. The summed E-state index contributed by atoms with van der Waals surface area (Å²) in [5, 5.41) is 9.28. The molecule has 8 heteroatoms. The van der Waals surface area contributed by atoms with Gasteiger partial charge in [-0.05, 0) is 43.5 Å². The first-order valence-corrected chi connectivity index (χ1v) is 10.2. The van der Waals surface area contributed by atoms with E-state index in [1.165, 1.54) is 18.2 Å². The van der Waals surface area contributed by atoms with Crippen molar-refractivity contribution in [2.45, 2.75) is 24.3 Å². The Balaban J connectivity index is 1.69. The molecule has 1 aliphatic rings. The molecule has 3 rings (SSSR count). The smallest absolute Gasteiger partial charge is 0.232 e. The van der Waals surface area contributed by atoms with Crippen molar-refractivity contribution in [3.05, 3.63) is 24.3 Å². The van der Waals surface area contributed by atoms with Crippen LogP contribution in [0.3, 0.4) is 0 Å². The molecule has 1 amide bonds. The van der Waals surface area contributed by atoms with Crippen LogP contribution in [0.4, 0.5) is 0 Å². The molecule has 1 fully saturated rings. The van der Waals surface area contributed by atoms with Crippen molar-refractivity contribution in [3.63, 3.8) is 0 Å². The SMILES string of the molecule is COc1cc(-c2ccc(SCC(=O)N3CCCCC3)nn2)cc(OC)c1OC. The maximum Gasteiger partial charge on any atom is 0.232 e. The summed E-state index contributed by atoms with van der Waals surface area (Å²) in [5.41, 5.74) is 1.49. The molecule has 0 spiro atoms. The van der Waals surface area contributed by atoms with Crippen molar-refractivity contribution >= 4 is 17.7 Å². The third kappa shape index (κ3) is 4.67. The molecular weight excluding hydrogens is 378 g/mol. The summed E-state index contributed by atoms with van der Waals surface area (Å²) in [5.74, 6) is 2.21. The summed E-state index contributed by atoms with van der Waals surface area (Å²) in [4.78, 5) is 14.2. The largest absolute Gasteiger partial charge is 0.493 e. The number of piperidine rings is 1. The number of methoxy groups -OCH3 is 3. The molecule has 0 saturated carbocycles. The van der Waals surface area contributed by atoms with Gasteiger partial charge >= 0.3 is 0 Å². The van der Waals surface area contributed by atoms with Gasteiger partial charge in [0.05, 0.1) is 32.8 Å². The molecule has 7 nitrogen and oxygen atoms in total. The third-order valence-corrected chi connectivity index (χ3v) is 5.56. The highest BCUT2D eigenvalue weighted by molar-refractivity contribution is 7.99. The van der Waals surface area contributed by atoms with E-state index in [2.05, 4.69) is 10.2 Å². The Labute approximate surface area is 169 Å². The van der Waals surface area contributed by atoms with Crippen molar-refractivity contribution in [1.29, 1.82) is 0 Å². The van der Waals surface area contributed by atoms with Gasteiger partial charge < -0.3 is 19.1 Å². The zero-order valence-electron chi connectivity index (χ0n) is 16.4. The highest BCUT2D eigenvalue weighted by Gasteiger charge is 2.17. The zero-order valence-corrected chi connectivity index (χ0v) is 17.3. The molecule has 1 aliphatic heterocycles. The minimum absolute atomic E-state index is 0.167. The van der Waals surface area contributed by atoms with Crippen LogP contribution in [0.15, 0.2) is 29.3 Å². The van der Waals surface area contributed by atoms with E-state index < -0.39 is 0 Å². The average molecular weight is 404 g/mol. The Morgan fingerprint density at radius 2 is 1.68 bits per heavy atom. The van der Waals surface area contributed by atoms with Gasteiger partial charge in [0.1, 0.15) is 5.03 Å². The number of rotatable bonds is 7. The van der Waals surface area contributed by atoms with E-state index in [0.29, 0.717) is 28.7 Å². The van der Waals surface area contributed by atoms with E-state index in [-0.39, 0.29) is 5.91 Å². The first-order valence-electron chi connectivity index (χ1n) is 9.21. The number of nitrogens with zero attached hydrogens (tertiary/aromatic N) is 3. The van der Waals surface area contributed by atoms with E-state index in [0.717, 1.165) is 36.5 Å². The number of ether oxygens (including phenoxy) is 3. The molecule has 1 aromatic heterocycles. The lowest BCUT2D eigenvalue weighted by Gasteiger charge is -2.26. The molecule has 1 saturated heterocycles. The lowest BCUT2D eigenvalue weighted by Crippen LogP contribution is -2.36.